The topological polar surface area (TPSA) is 46.1 Å². The SMILES string of the molecule is Cc1cc(C)nc(C2CCN(c3ccc(Br)cc3)C2=O)n1. The van der Waals surface area contributed by atoms with Gasteiger partial charge < -0.3 is 4.90 Å². The van der Waals surface area contributed by atoms with Crippen molar-refractivity contribution in [1.29, 1.82) is 0 Å². The van der Waals surface area contributed by atoms with Crippen LogP contribution < -0.4 is 4.90 Å². The van der Waals surface area contributed by atoms with Crippen molar-refractivity contribution >= 4 is 27.5 Å². The highest BCUT2D eigenvalue weighted by Crippen LogP contribution is 2.31. The van der Waals surface area contributed by atoms with E-state index in [1.54, 1.807) is 0 Å². The fourth-order valence-electron chi connectivity index (χ4n) is 2.71. The first-order valence-electron chi connectivity index (χ1n) is 6.94. The van der Waals surface area contributed by atoms with Crippen LogP contribution in [0.2, 0.25) is 0 Å². The van der Waals surface area contributed by atoms with Gasteiger partial charge in [-0.3, -0.25) is 4.79 Å². The average molecular weight is 346 g/mol. The van der Waals surface area contributed by atoms with Crippen molar-refractivity contribution in [2.45, 2.75) is 26.2 Å². The number of benzene rings is 1. The van der Waals surface area contributed by atoms with E-state index in [1.165, 1.54) is 0 Å². The van der Waals surface area contributed by atoms with Crippen molar-refractivity contribution in [2.75, 3.05) is 11.4 Å². The van der Waals surface area contributed by atoms with Gasteiger partial charge in [-0.15, -0.1) is 0 Å². The standard InChI is InChI=1S/C16H16BrN3O/c1-10-9-11(2)19-15(18-10)14-7-8-20(16(14)21)13-5-3-12(17)4-6-13/h3-6,9,14H,7-8H2,1-2H3. The van der Waals surface area contributed by atoms with Crippen molar-refractivity contribution < 1.29 is 4.79 Å². The normalized spacial score (nSPS) is 18.3. The number of anilines is 1. The zero-order valence-electron chi connectivity index (χ0n) is 12.0. The van der Waals surface area contributed by atoms with Crippen LogP contribution in [0.1, 0.15) is 29.6 Å². The van der Waals surface area contributed by atoms with Crippen molar-refractivity contribution in [3.8, 4) is 0 Å². The Morgan fingerprint density at radius 2 is 1.76 bits per heavy atom. The fourth-order valence-corrected chi connectivity index (χ4v) is 2.97. The zero-order chi connectivity index (χ0) is 15.0. The molecule has 0 radical (unpaired) electrons. The number of halogens is 1. The van der Waals surface area contributed by atoms with Gasteiger partial charge in [-0.2, -0.15) is 0 Å². The number of carbonyl (C=O) groups excluding carboxylic acids is 1. The lowest BCUT2D eigenvalue weighted by atomic mass is 10.1. The Morgan fingerprint density at radius 3 is 2.38 bits per heavy atom. The minimum Gasteiger partial charge on any atom is -0.312 e. The molecule has 1 saturated heterocycles. The van der Waals surface area contributed by atoms with Gasteiger partial charge in [-0.05, 0) is 50.6 Å². The number of rotatable bonds is 2. The molecule has 0 aliphatic carbocycles. The molecule has 5 heteroatoms. The summed E-state index contributed by atoms with van der Waals surface area (Å²) >= 11 is 3.41. The number of amides is 1. The van der Waals surface area contributed by atoms with E-state index in [4.69, 9.17) is 0 Å². The highest BCUT2D eigenvalue weighted by molar-refractivity contribution is 9.10. The van der Waals surface area contributed by atoms with E-state index in [2.05, 4.69) is 25.9 Å². The summed E-state index contributed by atoms with van der Waals surface area (Å²) in [5, 5.41) is 0. The lowest BCUT2D eigenvalue weighted by Gasteiger charge is -2.16. The Balaban J connectivity index is 1.87. The largest absolute Gasteiger partial charge is 0.312 e. The number of hydrogen-bond acceptors (Lipinski definition) is 3. The first-order valence-corrected chi connectivity index (χ1v) is 7.73. The number of nitrogens with zero attached hydrogens (tertiary/aromatic N) is 3. The fraction of sp³-hybridized carbons (Fsp3) is 0.312. The summed E-state index contributed by atoms with van der Waals surface area (Å²) in [6.07, 6.45) is 0.762. The van der Waals surface area contributed by atoms with Crippen molar-refractivity contribution in [1.82, 2.24) is 9.97 Å². The summed E-state index contributed by atoms with van der Waals surface area (Å²) < 4.78 is 1.01. The monoisotopic (exact) mass is 345 g/mol. The molecule has 0 N–H and O–H groups in total. The Bertz CT molecular complexity index is 664. The van der Waals surface area contributed by atoms with Crippen LogP contribution in [0.25, 0.3) is 0 Å². The third-order valence-corrected chi connectivity index (χ3v) is 4.18. The molecule has 1 aliphatic rings. The summed E-state index contributed by atoms with van der Waals surface area (Å²) in [5.41, 5.74) is 2.75. The zero-order valence-corrected chi connectivity index (χ0v) is 13.6. The molecule has 21 heavy (non-hydrogen) atoms. The Morgan fingerprint density at radius 1 is 1.14 bits per heavy atom. The van der Waals surface area contributed by atoms with E-state index in [0.29, 0.717) is 12.4 Å². The molecule has 2 heterocycles. The summed E-state index contributed by atoms with van der Waals surface area (Å²) in [6.45, 7) is 4.58. The van der Waals surface area contributed by atoms with Crippen LogP contribution in [-0.4, -0.2) is 22.4 Å². The Hall–Kier alpha value is -1.75. The lowest BCUT2D eigenvalue weighted by Crippen LogP contribution is -2.27. The van der Waals surface area contributed by atoms with Gasteiger partial charge in [0.1, 0.15) is 11.7 Å². The summed E-state index contributed by atoms with van der Waals surface area (Å²) in [6, 6.07) is 9.72. The minimum atomic E-state index is -0.229. The molecule has 4 nitrogen and oxygen atoms in total. The lowest BCUT2D eigenvalue weighted by molar-refractivity contribution is -0.118. The van der Waals surface area contributed by atoms with Crippen molar-refractivity contribution in [3.05, 3.63) is 52.0 Å². The van der Waals surface area contributed by atoms with Crippen LogP contribution in [0.5, 0.6) is 0 Å². The van der Waals surface area contributed by atoms with Gasteiger partial charge in [0.2, 0.25) is 5.91 Å². The van der Waals surface area contributed by atoms with Gasteiger partial charge >= 0.3 is 0 Å². The number of aryl methyl sites for hydroxylation is 2. The maximum atomic E-state index is 12.6. The molecule has 3 rings (SSSR count). The van der Waals surface area contributed by atoms with Crippen LogP contribution in [0, 0.1) is 13.8 Å². The predicted molar refractivity (Wildman–Crippen MR) is 85.4 cm³/mol. The smallest absolute Gasteiger partial charge is 0.237 e. The molecule has 108 valence electrons. The maximum Gasteiger partial charge on any atom is 0.237 e. The van der Waals surface area contributed by atoms with Gasteiger partial charge in [0.25, 0.3) is 0 Å². The number of carbonyl (C=O) groups is 1. The second-order valence-corrected chi connectivity index (χ2v) is 6.23. The Labute approximate surface area is 132 Å². The molecule has 1 aliphatic heterocycles. The molecule has 1 fully saturated rings. The van der Waals surface area contributed by atoms with E-state index in [0.717, 1.165) is 28.0 Å². The van der Waals surface area contributed by atoms with Crippen LogP contribution in [0.4, 0.5) is 5.69 Å². The van der Waals surface area contributed by atoms with E-state index < -0.39 is 0 Å². The van der Waals surface area contributed by atoms with Crippen LogP contribution in [-0.2, 0) is 4.79 Å². The van der Waals surface area contributed by atoms with Crippen LogP contribution in [0.3, 0.4) is 0 Å². The average Bonchev–Trinajstić information content (AvgIpc) is 2.80. The Kier molecular flexibility index (Phi) is 3.76. The molecule has 0 spiro atoms. The van der Waals surface area contributed by atoms with Gasteiger partial charge in [-0.1, -0.05) is 15.9 Å². The third kappa shape index (κ3) is 2.83. The quantitative estimate of drug-likeness (QED) is 0.838. The minimum absolute atomic E-state index is 0.0855. The maximum absolute atomic E-state index is 12.6. The van der Waals surface area contributed by atoms with E-state index in [-0.39, 0.29) is 11.8 Å². The highest BCUT2D eigenvalue weighted by atomic mass is 79.9. The van der Waals surface area contributed by atoms with Crippen LogP contribution >= 0.6 is 15.9 Å². The second kappa shape index (κ2) is 5.56. The van der Waals surface area contributed by atoms with Gasteiger partial charge in [0.05, 0.1) is 0 Å². The van der Waals surface area contributed by atoms with Gasteiger partial charge in [-0.25, -0.2) is 9.97 Å². The summed E-state index contributed by atoms with van der Waals surface area (Å²) in [4.78, 5) is 23.4. The summed E-state index contributed by atoms with van der Waals surface area (Å²) in [7, 11) is 0. The summed E-state index contributed by atoms with van der Waals surface area (Å²) in [5.74, 6) is 0.506. The second-order valence-electron chi connectivity index (χ2n) is 5.32. The molecule has 1 atom stereocenters. The highest BCUT2D eigenvalue weighted by Gasteiger charge is 2.35. The molecule has 0 saturated carbocycles. The molecular weight excluding hydrogens is 330 g/mol. The first kappa shape index (κ1) is 14.2. The molecule has 1 aromatic heterocycles. The molecule has 1 aromatic carbocycles. The first-order chi connectivity index (χ1) is 10.0. The number of aromatic nitrogens is 2. The third-order valence-electron chi connectivity index (χ3n) is 3.66. The molecule has 1 amide bonds. The molecular formula is C16H16BrN3O. The number of hydrogen-bond donors (Lipinski definition) is 0. The van der Waals surface area contributed by atoms with Crippen molar-refractivity contribution in [2.24, 2.45) is 0 Å². The molecule has 2 aromatic rings. The van der Waals surface area contributed by atoms with Gasteiger partial charge in [0.15, 0.2) is 0 Å². The van der Waals surface area contributed by atoms with E-state index in [9.17, 15) is 4.79 Å². The van der Waals surface area contributed by atoms with E-state index in [1.807, 2.05) is 49.1 Å². The predicted octanol–water partition coefficient (Wildman–Crippen LogP) is 3.38. The van der Waals surface area contributed by atoms with Crippen LogP contribution in [0.15, 0.2) is 34.8 Å². The molecule has 0 bridgehead atoms. The van der Waals surface area contributed by atoms with E-state index >= 15 is 0 Å². The molecule has 1 unspecified atom stereocenters. The van der Waals surface area contributed by atoms with Crippen molar-refractivity contribution in [3.63, 3.8) is 0 Å². The van der Waals surface area contributed by atoms with Gasteiger partial charge in [0, 0.05) is 28.1 Å².